The molecule has 0 aromatic heterocycles. The Morgan fingerprint density at radius 1 is 1.12 bits per heavy atom. The van der Waals surface area contributed by atoms with Gasteiger partial charge in [-0.1, -0.05) is 27.2 Å². The van der Waals surface area contributed by atoms with Gasteiger partial charge in [0.2, 0.25) is 0 Å². The fraction of sp³-hybridized carbons (Fsp3) is 1.00. The summed E-state index contributed by atoms with van der Waals surface area (Å²) in [5.41, 5.74) is 0.713. The molecule has 1 rings (SSSR count). The first kappa shape index (κ1) is 14.0. The molecule has 0 aromatic carbocycles. The molecule has 2 N–H and O–H groups in total. The van der Waals surface area contributed by atoms with Crippen LogP contribution in [-0.4, -0.2) is 25.7 Å². The standard InChI is InChI=1S/C14H30N2/c1-4-7-14(8-9-14)12-15-10-5-6-11-16-13(2)3/h13,15-16H,4-12H2,1-3H3. The predicted octanol–water partition coefficient (Wildman–Crippen LogP) is 2.93. The average molecular weight is 226 g/mol. The molecule has 0 aromatic rings. The van der Waals surface area contributed by atoms with E-state index in [0.29, 0.717) is 11.5 Å². The van der Waals surface area contributed by atoms with Crippen molar-refractivity contribution in [2.75, 3.05) is 19.6 Å². The minimum absolute atomic E-state index is 0.632. The van der Waals surface area contributed by atoms with Crippen molar-refractivity contribution in [3.63, 3.8) is 0 Å². The van der Waals surface area contributed by atoms with Crippen LogP contribution in [0.25, 0.3) is 0 Å². The van der Waals surface area contributed by atoms with E-state index in [1.807, 2.05) is 0 Å². The summed E-state index contributed by atoms with van der Waals surface area (Å²) in [4.78, 5) is 0. The maximum absolute atomic E-state index is 3.63. The molecule has 1 aliphatic carbocycles. The summed E-state index contributed by atoms with van der Waals surface area (Å²) in [7, 11) is 0. The first-order valence-corrected chi connectivity index (χ1v) is 7.13. The van der Waals surface area contributed by atoms with Gasteiger partial charge < -0.3 is 10.6 Å². The van der Waals surface area contributed by atoms with Crippen LogP contribution in [0.15, 0.2) is 0 Å². The first-order valence-electron chi connectivity index (χ1n) is 7.13. The minimum Gasteiger partial charge on any atom is -0.316 e. The van der Waals surface area contributed by atoms with Crippen LogP contribution in [0.5, 0.6) is 0 Å². The van der Waals surface area contributed by atoms with Gasteiger partial charge in [0.15, 0.2) is 0 Å². The van der Waals surface area contributed by atoms with E-state index in [4.69, 9.17) is 0 Å². The molecule has 2 nitrogen and oxygen atoms in total. The lowest BCUT2D eigenvalue weighted by Crippen LogP contribution is -2.27. The van der Waals surface area contributed by atoms with E-state index in [1.165, 1.54) is 58.2 Å². The predicted molar refractivity (Wildman–Crippen MR) is 71.8 cm³/mol. The Kier molecular flexibility index (Phi) is 6.37. The van der Waals surface area contributed by atoms with Gasteiger partial charge in [0.05, 0.1) is 0 Å². The van der Waals surface area contributed by atoms with E-state index >= 15 is 0 Å². The van der Waals surface area contributed by atoms with Crippen LogP contribution >= 0.6 is 0 Å². The van der Waals surface area contributed by atoms with Crippen LogP contribution in [0.1, 0.15) is 59.3 Å². The van der Waals surface area contributed by atoms with E-state index in [1.54, 1.807) is 0 Å². The summed E-state index contributed by atoms with van der Waals surface area (Å²) >= 11 is 0. The Morgan fingerprint density at radius 2 is 1.81 bits per heavy atom. The maximum atomic E-state index is 3.63. The second kappa shape index (κ2) is 7.29. The highest BCUT2D eigenvalue weighted by Gasteiger charge is 2.40. The van der Waals surface area contributed by atoms with Crippen molar-refractivity contribution < 1.29 is 0 Å². The number of unbranched alkanes of at least 4 members (excludes halogenated alkanes) is 1. The average Bonchev–Trinajstić information content (AvgIpc) is 2.97. The molecule has 96 valence electrons. The zero-order valence-electron chi connectivity index (χ0n) is 11.4. The van der Waals surface area contributed by atoms with Crippen LogP contribution in [0.3, 0.4) is 0 Å². The lowest BCUT2D eigenvalue weighted by Gasteiger charge is -2.15. The fourth-order valence-corrected chi connectivity index (χ4v) is 2.34. The van der Waals surface area contributed by atoms with Crippen LogP contribution < -0.4 is 10.6 Å². The van der Waals surface area contributed by atoms with Crippen LogP contribution in [-0.2, 0) is 0 Å². The zero-order chi connectivity index (χ0) is 11.9. The summed E-state index contributed by atoms with van der Waals surface area (Å²) in [5, 5.41) is 7.09. The highest BCUT2D eigenvalue weighted by atomic mass is 14.9. The van der Waals surface area contributed by atoms with Gasteiger partial charge in [-0.2, -0.15) is 0 Å². The second-order valence-corrected chi connectivity index (χ2v) is 5.74. The number of hydrogen-bond acceptors (Lipinski definition) is 2. The molecule has 2 heteroatoms. The Morgan fingerprint density at radius 3 is 2.38 bits per heavy atom. The summed E-state index contributed by atoms with van der Waals surface area (Å²) in [6.07, 6.45) is 8.30. The van der Waals surface area contributed by atoms with Crippen LogP contribution in [0, 0.1) is 5.41 Å². The van der Waals surface area contributed by atoms with Crippen molar-refractivity contribution in [3.8, 4) is 0 Å². The highest BCUT2D eigenvalue weighted by molar-refractivity contribution is 4.94. The van der Waals surface area contributed by atoms with Crippen LogP contribution in [0.4, 0.5) is 0 Å². The molecule has 0 saturated heterocycles. The molecule has 1 fully saturated rings. The first-order chi connectivity index (χ1) is 7.68. The second-order valence-electron chi connectivity index (χ2n) is 5.74. The molecule has 16 heavy (non-hydrogen) atoms. The molecular formula is C14H30N2. The van der Waals surface area contributed by atoms with Gasteiger partial charge in [-0.25, -0.2) is 0 Å². The quantitative estimate of drug-likeness (QED) is 0.560. The van der Waals surface area contributed by atoms with E-state index in [0.717, 1.165) is 0 Å². The number of rotatable bonds is 10. The van der Waals surface area contributed by atoms with Gasteiger partial charge in [-0.05, 0) is 50.6 Å². The van der Waals surface area contributed by atoms with E-state index in [2.05, 4.69) is 31.4 Å². The van der Waals surface area contributed by atoms with Crippen LogP contribution in [0.2, 0.25) is 0 Å². The van der Waals surface area contributed by atoms with Crippen molar-refractivity contribution in [2.45, 2.75) is 65.3 Å². The minimum atomic E-state index is 0.632. The third-order valence-corrected chi connectivity index (χ3v) is 3.57. The lowest BCUT2D eigenvalue weighted by atomic mass is 10.0. The molecule has 0 radical (unpaired) electrons. The molecular weight excluding hydrogens is 196 g/mol. The Hall–Kier alpha value is -0.0800. The van der Waals surface area contributed by atoms with Gasteiger partial charge in [0.1, 0.15) is 0 Å². The third-order valence-electron chi connectivity index (χ3n) is 3.57. The number of hydrogen-bond donors (Lipinski definition) is 2. The Bertz CT molecular complexity index is 174. The summed E-state index contributed by atoms with van der Waals surface area (Å²) in [5.74, 6) is 0. The van der Waals surface area contributed by atoms with Gasteiger partial charge in [0.25, 0.3) is 0 Å². The van der Waals surface area contributed by atoms with E-state index < -0.39 is 0 Å². The third kappa shape index (κ3) is 5.86. The fourth-order valence-electron chi connectivity index (χ4n) is 2.34. The van der Waals surface area contributed by atoms with Crippen molar-refractivity contribution in [2.24, 2.45) is 5.41 Å². The topological polar surface area (TPSA) is 24.1 Å². The molecule has 0 amide bonds. The van der Waals surface area contributed by atoms with Crippen molar-refractivity contribution in [3.05, 3.63) is 0 Å². The summed E-state index contributed by atoms with van der Waals surface area (Å²) < 4.78 is 0. The zero-order valence-corrected chi connectivity index (χ0v) is 11.4. The molecule has 1 saturated carbocycles. The Balaban J connectivity index is 1.85. The van der Waals surface area contributed by atoms with Gasteiger partial charge in [0, 0.05) is 12.6 Å². The largest absolute Gasteiger partial charge is 0.316 e. The van der Waals surface area contributed by atoms with Crippen molar-refractivity contribution in [1.29, 1.82) is 0 Å². The van der Waals surface area contributed by atoms with Gasteiger partial charge in [-0.15, -0.1) is 0 Å². The normalized spacial score (nSPS) is 18.0. The molecule has 0 atom stereocenters. The van der Waals surface area contributed by atoms with E-state index in [9.17, 15) is 0 Å². The van der Waals surface area contributed by atoms with Gasteiger partial charge >= 0.3 is 0 Å². The van der Waals surface area contributed by atoms with Gasteiger partial charge in [-0.3, -0.25) is 0 Å². The smallest absolute Gasteiger partial charge is 0.00103 e. The molecule has 0 unspecified atom stereocenters. The number of nitrogens with one attached hydrogen (secondary N) is 2. The van der Waals surface area contributed by atoms with E-state index in [-0.39, 0.29) is 0 Å². The summed E-state index contributed by atoms with van der Waals surface area (Å²) in [6, 6.07) is 0.632. The monoisotopic (exact) mass is 226 g/mol. The maximum Gasteiger partial charge on any atom is 0.00103 e. The molecule has 0 heterocycles. The Labute approximate surface area is 102 Å². The van der Waals surface area contributed by atoms with Crippen molar-refractivity contribution >= 4 is 0 Å². The van der Waals surface area contributed by atoms with Crippen molar-refractivity contribution in [1.82, 2.24) is 10.6 Å². The summed E-state index contributed by atoms with van der Waals surface area (Å²) in [6.45, 7) is 10.3. The SMILES string of the molecule is CCCC1(CNCCCCNC(C)C)CC1. The molecule has 1 aliphatic rings. The molecule has 0 spiro atoms. The molecule has 0 aliphatic heterocycles. The molecule has 0 bridgehead atoms. The lowest BCUT2D eigenvalue weighted by molar-refractivity contribution is 0.416. The highest BCUT2D eigenvalue weighted by Crippen LogP contribution is 2.48.